The van der Waals surface area contributed by atoms with Gasteiger partial charge >= 0.3 is 0 Å². The summed E-state index contributed by atoms with van der Waals surface area (Å²) in [5.74, 6) is 0.353. The predicted octanol–water partition coefficient (Wildman–Crippen LogP) is 2.47. The number of hydrogen-bond acceptors (Lipinski definition) is 4. The Morgan fingerprint density at radius 2 is 2.00 bits per heavy atom. The lowest BCUT2D eigenvalue weighted by Crippen LogP contribution is -2.07. The molecule has 0 spiro atoms. The molecule has 1 heterocycles. The van der Waals surface area contributed by atoms with E-state index in [1.807, 2.05) is 24.3 Å². The summed E-state index contributed by atoms with van der Waals surface area (Å²) in [6, 6.07) is 8.81. The maximum absolute atomic E-state index is 11.6. The number of rotatable bonds is 4. The molecule has 5 heteroatoms. The lowest BCUT2D eigenvalue weighted by atomic mass is 10.2. The van der Waals surface area contributed by atoms with Crippen LogP contribution in [0, 0.1) is 0 Å². The standard InChI is InChI=1S/C13H11BrO4/c14-10-3-1-9(2-4-10)7-18-13-8-17-11(6-15)5-12(13)16/h1-5,8,15H,6-7H2. The molecule has 0 bridgehead atoms. The Balaban J connectivity index is 2.06. The van der Waals surface area contributed by atoms with E-state index in [4.69, 9.17) is 14.3 Å². The summed E-state index contributed by atoms with van der Waals surface area (Å²) < 4.78 is 11.4. The van der Waals surface area contributed by atoms with Crippen molar-refractivity contribution < 1.29 is 14.3 Å². The molecule has 1 aromatic heterocycles. The Morgan fingerprint density at radius 1 is 1.28 bits per heavy atom. The van der Waals surface area contributed by atoms with Crippen LogP contribution in [0.2, 0.25) is 0 Å². The first-order chi connectivity index (χ1) is 8.69. The predicted molar refractivity (Wildman–Crippen MR) is 69.4 cm³/mol. The van der Waals surface area contributed by atoms with Gasteiger partial charge in [-0.3, -0.25) is 4.79 Å². The van der Waals surface area contributed by atoms with Crippen LogP contribution in [0.5, 0.6) is 5.75 Å². The van der Waals surface area contributed by atoms with E-state index < -0.39 is 0 Å². The fourth-order valence-electron chi connectivity index (χ4n) is 1.37. The highest BCUT2D eigenvalue weighted by Crippen LogP contribution is 2.13. The van der Waals surface area contributed by atoms with Gasteiger partial charge in [-0.15, -0.1) is 0 Å². The fraction of sp³-hybridized carbons (Fsp3) is 0.154. The summed E-state index contributed by atoms with van der Waals surface area (Å²) in [6.07, 6.45) is 1.22. The van der Waals surface area contributed by atoms with Gasteiger partial charge < -0.3 is 14.3 Å². The van der Waals surface area contributed by atoms with Gasteiger partial charge in [-0.25, -0.2) is 0 Å². The molecule has 2 rings (SSSR count). The van der Waals surface area contributed by atoms with Crippen LogP contribution < -0.4 is 10.2 Å². The van der Waals surface area contributed by atoms with Gasteiger partial charge in [0.05, 0.1) is 0 Å². The lowest BCUT2D eigenvalue weighted by Gasteiger charge is -2.05. The summed E-state index contributed by atoms with van der Waals surface area (Å²) in [6.45, 7) is -0.0151. The highest BCUT2D eigenvalue weighted by Gasteiger charge is 2.04. The van der Waals surface area contributed by atoms with Gasteiger partial charge in [0.1, 0.15) is 25.2 Å². The van der Waals surface area contributed by atoms with E-state index in [2.05, 4.69) is 15.9 Å². The highest BCUT2D eigenvalue weighted by atomic mass is 79.9. The number of ether oxygens (including phenoxy) is 1. The molecule has 18 heavy (non-hydrogen) atoms. The van der Waals surface area contributed by atoms with Gasteiger partial charge in [-0.2, -0.15) is 0 Å². The molecule has 2 aromatic rings. The third-order valence-corrected chi connectivity index (χ3v) is 2.84. The fourth-order valence-corrected chi connectivity index (χ4v) is 1.63. The Bertz CT molecular complexity index is 574. The Hall–Kier alpha value is -1.59. The van der Waals surface area contributed by atoms with Gasteiger partial charge in [0.2, 0.25) is 11.2 Å². The van der Waals surface area contributed by atoms with Crippen molar-refractivity contribution in [1.29, 1.82) is 0 Å². The van der Waals surface area contributed by atoms with Crippen molar-refractivity contribution in [1.82, 2.24) is 0 Å². The molecule has 0 atom stereocenters. The zero-order chi connectivity index (χ0) is 13.0. The molecule has 0 unspecified atom stereocenters. The zero-order valence-electron chi connectivity index (χ0n) is 9.43. The van der Waals surface area contributed by atoms with E-state index in [1.54, 1.807) is 0 Å². The second-order valence-corrected chi connectivity index (χ2v) is 4.56. The number of aliphatic hydroxyl groups is 1. The summed E-state index contributed by atoms with van der Waals surface area (Å²) in [5, 5.41) is 8.81. The van der Waals surface area contributed by atoms with Crippen molar-refractivity contribution in [2.45, 2.75) is 13.2 Å². The zero-order valence-corrected chi connectivity index (χ0v) is 11.0. The Kier molecular flexibility index (Phi) is 4.17. The molecule has 0 radical (unpaired) electrons. The number of hydrogen-bond donors (Lipinski definition) is 1. The molecule has 1 N–H and O–H groups in total. The van der Waals surface area contributed by atoms with Crippen molar-refractivity contribution in [2.75, 3.05) is 0 Å². The molecule has 0 aliphatic carbocycles. The summed E-state index contributed by atoms with van der Waals surface area (Å²) >= 11 is 3.34. The van der Waals surface area contributed by atoms with Crippen LogP contribution in [0.15, 0.2) is 50.3 Å². The first-order valence-electron chi connectivity index (χ1n) is 5.29. The van der Waals surface area contributed by atoms with E-state index in [0.717, 1.165) is 10.0 Å². The number of halogens is 1. The van der Waals surface area contributed by atoms with Crippen LogP contribution in [0.1, 0.15) is 11.3 Å². The minimum Gasteiger partial charge on any atom is -0.482 e. The third kappa shape index (κ3) is 3.21. The van der Waals surface area contributed by atoms with E-state index in [-0.39, 0.29) is 30.2 Å². The molecule has 4 nitrogen and oxygen atoms in total. The SMILES string of the molecule is O=c1cc(CO)occ1OCc1ccc(Br)cc1. The van der Waals surface area contributed by atoms with Crippen molar-refractivity contribution in [3.8, 4) is 5.75 Å². The van der Waals surface area contributed by atoms with Gasteiger partial charge in [0, 0.05) is 10.5 Å². The van der Waals surface area contributed by atoms with E-state index >= 15 is 0 Å². The number of aliphatic hydroxyl groups excluding tert-OH is 1. The van der Waals surface area contributed by atoms with Crippen LogP contribution in [0.4, 0.5) is 0 Å². The topological polar surface area (TPSA) is 59.7 Å². The monoisotopic (exact) mass is 310 g/mol. The van der Waals surface area contributed by atoms with Crippen LogP contribution >= 0.6 is 15.9 Å². The van der Waals surface area contributed by atoms with Gasteiger partial charge in [0.25, 0.3) is 0 Å². The minimum absolute atomic E-state index is 0.134. The van der Waals surface area contributed by atoms with Crippen molar-refractivity contribution >= 4 is 15.9 Å². The van der Waals surface area contributed by atoms with Crippen molar-refractivity contribution in [3.63, 3.8) is 0 Å². The third-order valence-electron chi connectivity index (χ3n) is 2.32. The van der Waals surface area contributed by atoms with E-state index in [1.165, 1.54) is 12.3 Å². The Labute approximate surface area is 112 Å². The maximum atomic E-state index is 11.6. The molecule has 0 saturated heterocycles. The molecule has 0 aliphatic heterocycles. The molecule has 0 saturated carbocycles. The average molecular weight is 311 g/mol. The molecule has 1 aromatic carbocycles. The number of benzene rings is 1. The first kappa shape index (κ1) is 12.9. The lowest BCUT2D eigenvalue weighted by molar-refractivity contribution is 0.236. The van der Waals surface area contributed by atoms with Crippen LogP contribution in [0.3, 0.4) is 0 Å². The maximum Gasteiger partial charge on any atom is 0.227 e. The normalized spacial score (nSPS) is 10.3. The second-order valence-electron chi connectivity index (χ2n) is 3.65. The molecular weight excluding hydrogens is 300 g/mol. The van der Waals surface area contributed by atoms with Crippen LogP contribution in [-0.4, -0.2) is 5.11 Å². The second kappa shape index (κ2) is 5.84. The van der Waals surface area contributed by atoms with Gasteiger partial charge in [0.15, 0.2) is 0 Å². The molecular formula is C13H11BrO4. The average Bonchev–Trinajstić information content (AvgIpc) is 2.39. The smallest absolute Gasteiger partial charge is 0.227 e. The van der Waals surface area contributed by atoms with Crippen LogP contribution in [-0.2, 0) is 13.2 Å². The van der Waals surface area contributed by atoms with Crippen LogP contribution in [0.25, 0.3) is 0 Å². The summed E-state index contributed by atoms with van der Waals surface area (Å²) in [7, 11) is 0. The van der Waals surface area contributed by atoms with E-state index in [0.29, 0.717) is 0 Å². The van der Waals surface area contributed by atoms with Gasteiger partial charge in [-0.1, -0.05) is 28.1 Å². The molecule has 0 aliphatic rings. The molecule has 0 fully saturated rings. The largest absolute Gasteiger partial charge is 0.482 e. The molecule has 0 amide bonds. The van der Waals surface area contributed by atoms with E-state index in [9.17, 15) is 4.79 Å². The summed E-state index contributed by atoms with van der Waals surface area (Å²) in [4.78, 5) is 11.6. The quantitative estimate of drug-likeness (QED) is 0.942. The summed E-state index contributed by atoms with van der Waals surface area (Å²) in [5.41, 5.74) is 0.645. The van der Waals surface area contributed by atoms with Crippen molar-refractivity contribution in [3.05, 3.63) is 62.6 Å². The first-order valence-corrected chi connectivity index (χ1v) is 6.08. The highest BCUT2D eigenvalue weighted by molar-refractivity contribution is 9.10. The van der Waals surface area contributed by atoms with Crippen molar-refractivity contribution in [2.24, 2.45) is 0 Å². The Morgan fingerprint density at radius 3 is 2.61 bits per heavy atom. The van der Waals surface area contributed by atoms with Gasteiger partial charge in [-0.05, 0) is 17.7 Å². The minimum atomic E-state index is -0.303. The molecule has 94 valence electrons.